The predicted molar refractivity (Wildman–Crippen MR) is 155 cm³/mol. The first kappa shape index (κ1) is 29.4. The Labute approximate surface area is 237 Å². The highest BCUT2D eigenvalue weighted by atomic mass is 19.2. The van der Waals surface area contributed by atoms with Crippen molar-refractivity contribution >= 4 is 0 Å². The maximum absolute atomic E-state index is 14.4. The van der Waals surface area contributed by atoms with Crippen LogP contribution < -0.4 is 0 Å². The van der Waals surface area contributed by atoms with Crippen LogP contribution in [0.3, 0.4) is 0 Å². The number of ether oxygens (including phenoxy) is 2. The van der Waals surface area contributed by atoms with E-state index in [1.807, 2.05) is 0 Å². The standard InChI is InChI=1S/C35H56F2O2/c1-3-4-24-5-7-25(8-6-24)9-10-26-11-14-28(15-12-26)30-18-17-29-21-27(13-16-31(29)22-30)23-39-33-20-19-32(38-2)34(36)35(33)37/h24-31H,3-23H2,1-2H3. The molecule has 5 aliphatic carbocycles. The quantitative estimate of drug-likeness (QED) is 0.271. The molecule has 4 saturated carbocycles. The largest absolute Gasteiger partial charge is 0.498 e. The molecule has 0 N–H and O–H groups in total. The number of fused-ring (bicyclic) bond motifs is 1. The molecule has 0 aliphatic heterocycles. The molecule has 0 aromatic rings. The zero-order chi connectivity index (χ0) is 27.2. The summed E-state index contributed by atoms with van der Waals surface area (Å²) in [7, 11) is 1.40. The molecule has 0 heterocycles. The van der Waals surface area contributed by atoms with Crippen LogP contribution in [-0.2, 0) is 9.47 Å². The second-order valence-corrected chi connectivity index (χ2v) is 14.3. The smallest absolute Gasteiger partial charge is 0.199 e. The molecule has 0 aromatic heterocycles. The number of methoxy groups -OCH3 is 1. The molecular formula is C35H56F2O2. The fourth-order valence-electron chi connectivity index (χ4n) is 9.48. The molecular weight excluding hydrogens is 490 g/mol. The Bertz CT molecular complexity index is 834. The van der Waals surface area contributed by atoms with Crippen molar-refractivity contribution in [3.8, 4) is 0 Å². The average Bonchev–Trinajstić information content (AvgIpc) is 2.97. The van der Waals surface area contributed by atoms with Crippen molar-refractivity contribution in [2.45, 2.75) is 135 Å². The predicted octanol–water partition coefficient (Wildman–Crippen LogP) is 10.8. The third kappa shape index (κ3) is 7.62. The molecule has 0 saturated heterocycles. The molecule has 0 aromatic carbocycles. The zero-order valence-electron chi connectivity index (χ0n) is 25.0. The van der Waals surface area contributed by atoms with Gasteiger partial charge in [0.1, 0.15) is 11.5 Å². The maximum Gasteiger partial charge on any atom is 0.199 e. The third-order valence-corrected chi connectivity index (χ3v) is 12.0. The highest BCUT2D eigenvalue weighted by Crippen LogP contribution is 2.50. The van der Waals surface area contributed by atoms with Crippen LogP contribution in [0, 0.1) is 47.3 Å². The number of halogens is 2. The zero-order valence-corrected chi connectivity index (χ0v) is 25.0. The first-order valence-corrected chi connectivity index (χ1v) is 17.0. The van der Waals surface area contributed by atoms with E-state index < -0.39 is 11.7 Å². The summed E-state index contributed by atoms with van der Waals surface area (Å²) in [4.78, 5) is 0. The van der Waals surface area contributed by atoms with E-state index in [-0.39, 0.29) is 11.5 Å². The van der Waals surface area contributed by atoms with Gasteiger partial charge >= 0.3 is 0 Å². The molecule has 4 heteroatoms. The summed E-state index contributed by atoms with van der Waals surface area (Å²) in [5, 5.41) is 0. The Balaban J connectivity index is 0.986. The van der Waals surface area contributed by atoms with Crippen LogP contribution in [0.15, 0.2) is 23.2 Å². The highest BCUT2D eigenvalue weighted by molar-refractivity contribution is 5.29. The Morgan fingerprint density at radius 1 is 0.564 bits per heavy atom. The lowest BCUT2D eigenvalue weighted by atomic mass is 9.61. The summed E-state index contributed by atoms with van der Waals surface area (Å²) >= 11 is 0. The summed E-state index contributed by atoms with van der Waals surface area (Å²) < 4.78 is 39.2. The minimum Gasteiger partial charge on any atom is -0.498 e. The molecule has 5 rings (SSSR count). The van der Waals surface area contributed by atoms with Gasteiger partial charge in [-0.05, 0) is 98.7 Å². The molecule has 2 nitrogen and oxygen atoms in total. The highest BCUT2D eigenvalue weighted by Gasteiger charge is 2.39. The minimum atomic E-state index is -0.875. The van der Waals surface area contributed by atoms with Crippen LogP contribution in [0.2, 0.25) is 0 Å². The Hall–Kier alpha value is -1.06. The summed E-state index contributed by atoms with van der Waals surface area (Å²) in [6.45, 7) is 2.88. The molecule has 39 heavy (non-hydrogen) atoms. The molecule has 4 fully saturated rings. The fraction of sp³-hybridized carbons (Fsp3) is 0.886. The summed E-state index contributed by atoms with van der Waals surface area (Å²) in [6.07, 6.45) is 26.6. The number of allylic oxidation sites excluding steroid dienone is 4. The molecule has 0 amide bonds. The van der Waals surface area contributed by atoms with Gasteiger partial charge in [0.2, 0.25) is 0 Å². The van der Waals surface area contributed by atoms with Gasteiger partial charge in [-0.2, -0.15) is 8.78 Å². The van der Waals surface area contributed by atoms with Crippen molar-refractivity contribution in [2.24, 2.45) is 47.3 Å². The lowest BCUT2D eigenvalue weighted by molar-refractivity contribution is 0.0357. The topological polar surface area (TPSA) is 18.5 Å². The second kappa shape index (κ2) is 14.2. The van der Waals surface area contributed by atoms with E-state index >= 15 is 0 Å². The summed E-state index contributed by atoms with van der Waals surface area (Å²) in [5.74, 6) is 5.77. The lowest BCUT2D eigenvalue weighted by Crippen LogP contribution is -2.35. The average molecular weight is 547 g/mol. The van der Waals surface area contributed by atoms with Gasteiger partial charge in [0.15, 0.2) is 11.7 Å². The van der Waals surface area contributed by atoms with Gasteiger partial charge in [-0.25, -0.2) is 0 Å². The van der Waals surface area contributed by atoms with Gasteiger partial charge in [-0.1, -0.05) is 71.1 Å². The Morgan fingerprint density at radius 2 is 1.03 bits per heavy atom. The van der Waals surface area contributed by atoms with Crippen molar-refractivity contribution in [1.29, 1.82) is 0 Å². The Morgan fingerprint density at radius 3 is 1.67 bits per heavy atom. The number of hydrogen-bond acceptors (Lipinski definition) is 2. The van der Waals surface area contributed by atoms with Gasteiger partial charge in [0, 0.05) is 12.8 Å². The molecule has 4 atom stereocenters. The summed E-state index contributed by atoms with van der Waals surface area (Å²) in [5.41, 5.74) is 0. The van der Waals surface area contributed by atoms with Crippen LogP contribution >= 0.6 is 0 Å². The van der Waals surface area contributed by atoms with E-state index in [9.17, 15) is 8.78 Å². The molecule has 0 spiro atoms. The Kier molecular flexibility index (Phi) is 10.7. The number of hydrogen-bond donors (Lipinski definition) is 0. The third-order valence-electron chi connectivity index (χ3n) is 12.0. The molecule has 5 aliphatic rings. The van der Waals surface area contributed by atoms with Crippen LogP contribution in [0.1, 0.15) is 135 Å². The van der Waals surface area contributed by atoms with E-state index in [1.54, 1.807) is 0 Å². The first-order chi connectivity index (χ1) is 19.0. The van der Waals surface area contributed by atoms with Crippen molar-refractivity contribution in [2.75, 3.05) is 13.7 Å². The van der Waals surface area contributed by atoms with E-state index in [0.29, 0.717) is 25.4 Å². The van der Waals surface area contributed by atoms with E-state index in [0.717, 1.165) is 41.4 Å². The molecule has 0 bridgehead atoms. The van der Waals surface area contributed by atoms with Gasteiger partial charge in [-0.15, -0.1) is 0 Å². The second-order valence-electron chi connectivity index (χ2n) is 14.3. The number of rotatable bonds is 10. The van der Waals surface area contributed by atoms with Crippen LogP contribution in [0.4, 0.5) is 8.78 Å². The normalized spacial score (nSPS) is 37.9. The van der Waals surface area contributed by atoms with Crippen molar-refractivity contribution in [1.82, 2.24) is 0 Å². The molecule has 222 valence electrons. The maximum atomic E-state index is 14.4. The van der Waals surface area contributed by atoms with Gasteiger partial charge < -0.3 is 9.47 Å². The van der Waals surface area contributed by atoms with Gasteiger partial charge in [0.05, 0.1) is 13.7 Å². The van der Waals surface area contributed by atoms with E-state index in [1.165, 1.54) is 123 Å². The van der Waals surface area contributed by atoms with Crippen molar-refractivity contribution in [3.63, 3.8) is 0 Å². The first-order valence-electron chi connectivity index (χ1n) is 17.0. The van der Waals surface area contributed by atoms with E-state index in [2.05, 4.69) is 6.92 Å². The molecule has 0 radical (unpaired) electrons. The van der Waals surface area contributed by atoms with Crippen LogP contribution in [-0.4, -0.2) is 13.7 Å². The lowest BCUT2D eigenvalue weighted by Gasteiger charge is -2.45. The molecule has 4 unspecified atom stereocenters. The fourth-order valence-corrected chi connectivity index (χ4v) is 9.48. The van der Waals surface area contributed by atoms with Crippen molar-refractivity contribution in [3.05, 3.63) is 23.2 Å². The van der Waals surface area contributed by atoms with Gasteiger partial charge in [0.25, 0.3) is 0 Å². The van der Waals surface area contributed by atoms with Crippen LogP contribution in [0.5, 0.6) is 0 Å². The van der Waals surface area contributed by atoms with E-state index in [4.69, 9.17) is 9.47 Å². The van der Waals surface area contributed by atoms with Crippen molar-refractivity contribution < 1.29 is 18.3 Å². The van der Waals surface area contributed by atoms with Crippen LogP contribution in [0.25, 0.3) is 0 Å². The monoisotopic (exact) mass is 546 g/mol. The SMILES string of the molecule is CCCC1CCC(CCC2CCC(C3CCC4CC(COC5=C(F)C(F)=C(OC)CC5)CCC4C3)CC2)CC1. The van der Waals surface area contributed by atoms with Gasteiger partial charge in [-0.3, -0.25) is 0 Å². The minimum absolute atomic E-state index is 0.102. The summed E-state index contributed by atoms with van der Waals surface area (Å²) in [6, 6.07) is 0.